The fraction of sp³-hybridized carbons (Fsp3) is 0.136. The molecule has 2 aromatic carbocycles. The molecule has 4 aromatic rings. The van der Waals surface area contributed by atoms with Gasteiger partial charge in [-0.2, -0.15) is 5.10 Å². The molecule has 0 bridgehead atoms. The molecule has 0 aliphatic carbocycles. The standard InChI is InChI=1S/C22H19N3O5/c1-3-30-18-10-13(6-9-17(18)26)16-11-15(22(27)28)19-20(24-25-21(19)23-16)12-4-7-14(29-2)8-5-12/h4-11,26H,3H2,1-2H3,(H,27,28)(H,23,24,25). The Kier molecular flexibility index (Phi) is 4.97. The molecule has 8 heteroatoms. The number of phenolic OH excluding ortho intramolecular Hbond substituents is 1. The highest BCUT2D eigenvalue weighted by Gasteiger charge is 2.20. The molecule has 0 unspecified atom stereocenters. The minimum absolute atomic E-state index is 0.00157. The molecular formula is C22H19N3O5. The Morgan fingerprint density at radius 3 is 2.50 bits per heavy atom. The third kappa shape index (κ3) is 3.39. The van der Waals surface area contributed by atoms with Crippen molar-refractivity contribution in [1.82, 2.24) is 15.2 Å². The van der Waals surface area contributed by atoms with Gasteiger partial charge in [-0.3, -0.25) is 5.10 Å². The molecule has 0 aliphatic rings. The van der Waals surface area contributed by atoms with Crippen LogP contribution in [0, 0.1) is 0 Å². The Labute approximate surface area is 171 Å². The number of benzene rings is 2. The summed E-state index contributed by atoms with van der Waals surface area (Å²) >= 11 is 0. The molecule has 0 saturated heterocycles. The predicted molar refractivity (Wildman–Crippen MR) is 111 cm³/mol. The summed E-state index contributed by atoms with van der Waals surface area (Å²) in [6.45, 7) is 2.19. The molecule has 0 fully saturated rings. The van der Waals surface area contributed by atoms with Gasteiger partial charge in [0.2, 0.25) is 0 Å². The zero-order valence-electron chi connectivity index (χ0n) is 16.3. The van der Waals surface area contributed by atoms with Gasteiger partial charge in [0.25, 0.3) is 0 Å². The van der Waals surface area contributed by atoms with Gasteiger partial charge in [-0.15, -0.1) is 0 Å². The summed E-state index contributed by atoms with van der Waals surface area (Å²) < 4.78 is 10.6. The average Bonchev–Trinajstić information content (AvgIpc) is 3.18. The van der Waals surface area contributed by atoms with Crippen molar-refractivity contribution in [2.75, 3.05) is 13.7 Å². The average molecular weight is 405 g/mol. The number of H-pyrrole nitrogens is 1. The predicted octanol–water partition coefficient (Wildman–Crippen LogP) is 4.10. The molecule has 0 aliphatic heterocycles. The van der Waals surface area contributed by atoms with Gasteiger partial charge in [0.05, 0.1) is 36.1 Å². The molecule has 0 spiro atoms. The van der Waals surface area contributed by atoms with Gasteiger partial charge in [0.1, 0.15) is 5.75 Å². The summed E-state index contributed by atoms with van der Waals surface area (Å²) in [5.74, 6) is -0.0982. The number of ether oxygens (including phenoxy) is 2. The second-order valence-corrected chi connectivity index (χ2v) is 6.50. The summed E-state index contributed by atoms with van der Waals surface area (Å²) in [4.78, 5) is 16.6. The molecule has 0 radical (unpaired) electrons. The Morgan fingerprint density at radius 2 is 1.83 bits per heavy atom. The van der Waals surface area contributed by atoms with Crippen LogP contribution < -0.4 is 9.47 Å². The van der Waals surface area contributed by atoms with E-state index in [2.05, 4.69) is 15.2 Å². The van der Waals surface area contributed by atoms with Gasteiger partial charge in [0.15, 0.2) is 17.1 Å². The summed E-state index contributed by atoms with van der Waals surface area (Å²) in [5.41, 5.74) is 2.69. The fourth-order valence-electron chi connectivity index (χ4n) is 3.25. The molecule has 4 rings (SSSR count). The van der Waals surface area contributed by atoms with Crippen molar-refractivity contribution in [3.05, 3.63) is 54.1 Å². The first kappa shape index (κ1) is 19.3. The lowest BCUT2D eigenvalue weighted by atomic mass is 10.0. The number of carboxylic acid groups (broad SMARTS) is 1. The number of hydrogen-bond donors (Lipinski definition) is 3. The number of methoxy groups -OCH3 is 1. The van der Waals surface area contributed by atoms with E-state index in [0.29, 0.717) is 40.4 Å². The molecule has 2 heterocycles. The second-order valence-electron chi connectivity index (χ2n) is 6.50. The van der Waals surface area contributed by atoms with Crippen LogP contribution >= 0.6 is 0 Å². The third-order valence-corrected chi connectivity index (χ3v) is 4.69. The molecule has 3 N–H and O–H groups in total. The number of nitrogens with zero attached hydrogens (tertiary/aromatic N) is 2. The van der Waals surface area contributed by atoms with Crippen molar-refractivity contribution in [1.29, 1.82) is 0 Å². The Balaban J connectivity index is 1.88. The molecule has 152 valence electrons. The number of pyridine rings is 1. The quantitative estimate of drug-likeness (QED) is 0.442. The monoisotopic (exact) mass is 405 g/mol. The Hall–Kier alpha value is -4.07. The first-order valence-corrected chi connectivity index (χ1v) is 9.24. The van der Waals surface area contributed by atoms with Crippen LogP contribution in [0.4, 0.5) is 0 Å². The summed E-state index contributed by atoms with van der Waals surface area (Å²) in [5, 5.41) is 27.3. The zero-order chi connectivity index (χ0) is 21.3. The Morgan fingerprint density at radius 1 is 1.10 bits per heavy atom. The number of nitrogens with one attached hydrogen (secondary N) is 1. The maximum absolute atomic E-state index is 12.0. The van der Waals surface area contributed by atoms with E-state index in [4.69, 9.17) is 9.47 Å². The first-order chi connectivity index (χ1) is 14.5. The number of aromatic nitrogens is 3. The molecule has 0 atom stereocenters. The fourth-order valence-corrected chi connectivity index (χ4v) is 3.25. The number of phenols is 1. The van der Waals surface area contributed by atoms with E-state index in [-0.39, 0.29) is 17.0 Å². The van der Waals surface area contributed by atoms with E-state index in [1.807, 2.05) is 19.1 Å². The Bertz CT molecular complexity index is 1230. The van der Waals surface area contributed by atoms with Gasteiger partial charge in [-0.05, 0) is 55.5 Å². The molecule has 0 saturated carbocycles. The lowest BCUT2D eigenvalue weighted by Gasteiger charge is -2.09. The van der Waals surface area contributed by atoms with E-state index < -0.39 is 5.97 Å². The summed E-state index contributed by atoms with van der Waals surface area (Å²) in [6.07, 6.45) is 0. The molecule has 8 nitrogen and oxygen atoms in total. The van der Waals surface area contributed by atoms with Gasteiger partial charge in [-0.25, -0.2) is 9.78 Å². The van der Waals surface area contributed by atoms with Crippen molar-refractivity contribution in [3.8, 4) is 39.8 Å². The number of carbonyl (C=O) groups is 1. The third-order valence-electron chi connectivity index (χ3n) is 4.69. The van der Waals surface area contributed by atoms with Gasteiger partial charge in [-0.1, -0.05) is 0 Å². The second kappa shape index (κ2) is 7.75. The van der Waals surface area contributed by atoms with Gasteiger partial charge >= 0.3 is 5.97 Å². The summed E-state index contributed by atoms with van der Waals surface area (Å²) in [6, 6.07) is 13.5. The van der Waals surface area contributed by atoms with Crippen LogP contribution in [-0.2, 0) is 0 Å². The smallest absolute Gasteiger partial charge is 0.336 e. The number of aromatic hydroxyl groups is 1. The van der Waals surface area contributed by atoms with Crippen LogP contribution in [0.3, 0.4) is 0 Å². The van der Waals surface area contributed by atoms with Crippen LogP contribution in [0.15, 0.2) is 48.5 Å². The zero-order valence-corrected chi connectivity index (χ0v) is 16.3. The molecule has 30 heavy (non-hydrogen) atoms. The SMILES string of the molecule is CCOc1cc(-c2cc(C(=O)O)c3c(-c4ccc(OC)cc4)[nH]nc3n2)ccc1O. The first-order valence-electron chi connectivity index (χ1n) is 9.24. The van der Waals surface area contributed by atoms with Crippen LogP contribution in [0.5, 0.6) is 17.2 Å². The van der Waals surface area contributed by atoms with E-state index >= 15 is 0 Å². The lowest BCUT2D eigenvalue weighted by Crippen LogP contribution is -2.00. The molecule has 0 amide bonds. The van der Waals surface area contributed by atoms with E-state index in [0.717, 1.165) is 5.56 Å². The van der Waals surface area contributed by atoms with Crippen molar-refractivity contribution in [3.63, 3.8) is 0 Å². The lowest BCUT2D eigenvalue weighted by molar-refractivity contribution is 0.0699. The van der Waals surface area contributed by atoms with E-state index in [1.54, 1.807) is 31.4 Å². The highest BCUT2D eigenvalue weighted by molar-refractivity contribution is 6.08. The van der Waals surface area contributed by atoms with Crippen molar-refractivity contribution >= 4 is 17.0 Å². The van der Waals surface area contributed by atoms with Crippen molar-refractivity contribution < 1.29 is 24.5 Å². The van der Waals surface area contributed by atoms with Crippen molar-refractivity contribution in [2.24, 2.45) is 0 Å². The van der Waals surface area contributed by atoms with Crippen LogP contribution in [0.2, 0.25) is 0 Å². The number of aromatic carboxylic acids is 1. The normalized spacial score (nSPS) is 10.9. The minimum atomic E-state index is -1.09. The maximum atomic E-state index is 12.0. The molecule has 2 aromatic heterocycles. The van der Waals surface area contributed by atoms with E-state index in [1.165, 1.54) is 12.1 Å². The molecular weight excluding hydrogens is 386 g/mol. The number of hydrogen-bond acceptors (Lipinski definition) is 6. The van der Waals surface area contributed by atoms with Crippen LogP contribution in [0.25, 0.3) is 33.5 Å². The highest BCUT2D eigenvalue weighted by Crippen LogP contribution is 2.35. The van der Waals surface area contributed by atoms with E-state index in [9.17, 15) is 15.0 Å². The van der Waals surface area contributed by atoms with Crippen LogP contribution in [0.1, 0.15) is 17.3 Å². The number of rotatable bonds is 6. The minimum Gasteiger partial charge on any atom is -0.504 e. The number of fused-ring (bicyclic) bond motifs is 1. The topological polar surface area (TPSA) is 118 Å². The maximum Gasteiger partial charge on any atom is 0.336 e. The number of aromatic amines is 1. The van der Waals surface area contributed by atoms with Crippen molar-refractivity contribution in [2.45, 2.75) is 6.92 Å². The highest BCUT2D eigenvalue weighted by atomic mass is 16.5. The van der Waals surface area contributed by atoms with Gasteiger partial charge in [0, 0.05) is 11.1 Å². The van der Waals surface area contributed by atoms with Gasteiger partial charge < -0.3 is 19.7 Å². The number of carboxylic acids is 1. The summed E-state index contributed by atoms with van der Waals surface area (Å²) in [7, 11) is 1.58. The largest absolute Gasteiger partial charge is 0.504 e. The van der Waals surface area contributed by atoms with Crippen LogP contribution in [-0.4, -0.2) is 45.1 Å².